The normalized spacial score (nSPS) is 12.1. The Morgan fingerprint density at radius 1 is 1.41 bits per heavy atom. The van der Waals surface area contributed by atoms with E-state index < -0.39 is 9.84 Å². The largest absolute Gasteiger partial charge is 0.428 e. The highest BCUT2D eigenvalue weighted by atomic mass is 32.2. The Labute approximate surface area is 99.6 Å². The zero-order chi connectivity index (χ0) is 12.5. The summed E-state index contributed by atoms with van der Waals surface area (Å²) in [6, 6.07) is 4.88. The fraction of sp³-hybridized carbons (Fsp3) is 0.364. The molecule has 1 aromatic heterocycles. The summed E-state index contributed by atoms with van der Waals surface area (Å²) in [4.78, 5) is 3.97. The fourth-order valence-electron chi connectivity index (χ4n) is 1.47. The quantitative estimate of drug-likeness (QED) is 0.843. The van der Waals surface area contributed by atoms with Gasteiger partial charge in [-0.2, -0.15) is 4.98 Å². The Balaban J connectivity index is 2.43. The Morgan fingerprint density at radius 2 is 2.18 bits per heavy atom. The second-order valence-corrected chi connectivity index (χ2v) is 5.87. The van der Waals surface area contributed by atoms with Crippen LogP contribution < -0.4 is 5.73 Å². The lowest BCUT2D eigenvalue weighted by Crippen LogP contribution is -2.06. The van der Waals surface area contributed by atoms with Crippen LogP contribution in [0.2, 0.25) is 0 Å². The molecule has 6 heteroatoms. The van der Waals surface area contributed by atoms with E-state index >= 15 is 0 Å². The molecule has 5 nitrogen and oxygen atoms in total. The van der Waals surface area contributed by atoms with Crippen LogP contribution in [0.3, 0.4) is 0 Å². The van der Waals surface area contributed by atoms with Gasteiger partial charge in [0.15, 0.2) is 5.58 Å². The SMILES string of the molecule is CCCCS(=O)(=O)c1nc2ccc(N)cc2o1. The average Bonchev–Trinajstić information content (AvgIpc) is 2.70. The molecule has 0 radical (unpaired) electrons. The van der Waals surface area contributed by atoms with Gasteiger partial charge in [0.05, 0.1) is 5.75 Å². The maximum absolute atomic E-state index is 11.9. The molecular formula is C11H14N2O3S. The van der Waals surface area contributed by atoms with Crippen LogP contribution in [-0.4, -0.2) is 19.2 Å². The second kappa shape index (κ2) is 4.37. The smallest absolute Gasteiger partial charge is 0.316 e. The molecule has 0 aliphatic carbocycles. The second-order valence-electron chi connectivity index (χ2n) is 3.88. The molecule has 0 fully saturated rings. The van der Waals surface area contributed by atoms with Gasteiger partial charge in [0.1, 0.15) is 5.52 Å². The number of oxazole rings is 1. The van der Waals surface area contributed by atoms with E-state index in [-0.39, 0.29) is 11.0 Å². The molecular weight excluding hydrogens is 240 g/mol. The van der Waals surface area contributed by atoms with Crippen LogP contribution in [0, 0.1) is 0 Å². The molecule has 17 heavy (non-hydrogen) atoms. The van der Waals surface area contributed by atoms with Crippen LogP contribution in [0.1, 0.15) is 19.8 Å². The van der Waals surface area contributed by atoms with E-state index in [1.165, 1.54) is 0 Å². The number of fused-ring (bicyclic) bond motifs is 1. The molecule has 0 saturated carbocycles. The minimum absolute atomic E-state index is 0.0613. The van der Waals surface area contributed by atoms with Crippen molar-refractivity contribution in [1.29, 1.82) is 0 Å². The van der Waals surface area contributed by atoms with Crippen molar-refractivity contribution >= 4 is 26.6 Å². The van der Waals surface area contributed by atoms with Gasteiger partial charge in [-0.25, -0.2) is 8.42 Å². The zero-order valence-electron chi connectivity index (χ0n) is 9.51. The van der Waals surface area contributed by atoms with Gasteiger partial charge in [-0.05, 0) is 18.6 Å². The first-order valence-electron chi connectivity index (χ1n) is 5.42. The molecule has 0 aliphatic rings. The zero-order valence-corrected chi connectivity index (χ0v) is 10.3. The molecule has 0 spiro atoms. The summed E-state index contributed by atoms with van der Waals surface area (Å²) in [6.07, 6.45) is 1.41. The first-order chi connectivity index (χ1) is 8.03. The predicted molar refractivity (Wildman–Crippen MR) is 65.4 cm³/mol. The number of hydrogen-bond acceptors (Lipinski definition) is 5. The van der Waals surface area contributed by atoms with E-state index in [9.17, 15) is 8.42 Å². The van der Waals surface area contributed by atoms with E-state index in [0.717, 1.165) is 6.42 Å². The van der Waals surface area contributed by atoms with Gasteiger partial charge in [0, 0.05) is 11.8 Å². The summed E-state index contributed by atoms with van der Waals surface area (Å²) in [6.45, 7) is 1.93. The van der Waals surface area contributed by atoms with Crippen molar-refractivity contribution in [3.05, 3.63) is 18.2 Å². The Morgan fingerprint density at radius 3 is 2.88 bits per heavy atom. The van der Waals surface area contributed by atoms with E-state index in [0.29, 0.717) is 23.2 Å². The standard InChI is InChI=1S/C11H14N2O3S/c1-2-3-6-17(14,15)11-13-9-5-4-8(12)7-10(9)16-11/h4-5,7H,2-3,6,12H2,1H3. The van der Waals surface area contributed by atoms with Crippen molar-refractivity contribution in [2.24, 2.45) is 0 Å². The Kier molecular flexibility index (Phi) is 3.06. The first kappa shape index (κ1) is 11.9. The van der Waals surface area contributed by atoms with Crippen molar-refractivity contribution < 1.29 is 12.8 Å². The average molecular weight is 254 g/mol. The molecule has 2 rings (SSSR count). The summed E-state index contributed by atoms with van der Waals surface area (Å²) in [7, 11) is -3.42. The number of nitrogens with two attached hydrogens (primary N) is 1. The molecule has 1 aromatic carbocycles. The Bertz CT molecular complexity index is 631. The van der Waals surface area contributed by atoms with Gasteiger partial charge in [0.2, 0.25) is 9.84 Å². The highest BCUT2D eigenvalue weighted by Gasteiger charge is 2.21. The van der Waals surface area contributed by atoms with E-state index in [1.807, 2.05) is 6.92 Å². The summed E-state index contributed by atoms with van der Waals surface area (Å²) >= 11 is 0. The van der Waals surface area contributed by atoms with Crippen molar-refractivity contribution in [3.63, 3.8) is 0 Å². The third-order valence-electron chi connectivity index (χ3n) is 2.43. The molecule has 0 aliphatic heterocycles. The molecule has 0 saturated heterocycles. The van der Waals surface area contributed by atoms with E-state index in [4.69, 9.17) is 10.2 Å². The number of rotatable bonds is 4. The van der Waals surface area contributed by atoms with E-state index in [1.54, 1.807) is 18.2 Å². The molecule has 0 bridgehead atoms. The lowest BCUT2D eigenvalue weighted by Gasteiger charge is -1.96. The number of anilines is 1. The third-order valence-corrected chi connectivity index (χ3v) is 3.96. The van der Waals surface area contributed by atoms with E-state index in [2.05, 4.69) is 4.98 Å². The number of benzene rings is 1. The van der Waals surface area contributed by atoms with Gasteiger partial charge >= 0.3 is 5.22 Å². The van der Waals surface area contributed by atoms with Crippen LogP contribution in [0.15, 0.2) is 27.8 Å². The minimum atomic E-state index is -3.42. The first-order valence-corrected chi connectivity index (χ1v) is 7.07. The minimum Gasteiger partial charge on any atom is -0.428 e. The summed E-state index contributed by atoms with van der Waals surface area (Å²) in [5.41, 5.74) is 7.02. The molecule has 2 N–H and O–H groups in total. The maximum atomic E-state index is 11.9. The third kappa shape index (κ3) is 2.41. The van der Waals surface area contributed by atoms with Crippen molar-refractivity contribution in [1.82, 2.24) is 4.98 Å². The van der Waals surface area contributed by atoms with Gasteiger partial charge in [0.25, 0.3) is 0 Å². The lowest BCUT2D eigenvalue weighted by atomic mass is 10.3. The number of aromatic nitrogens is 1. The lowest BCUT2D eigenvalue weighted by molar-refractivity contribution is 0.457. The van der Waals surface area contributed by atoms with Crippen molar-refractivity contribution in [2.45, 2.75) is 25.0 Å². The van der Waals surface area contributed by atoms with Gasteiger partial charge in [-0.3, -0.25) is 0 Å². The van der Waals surface area contributed by atoms with Crippen LogP contribution in [0.4, 0.5) is 5.69 Å². The summed E-state index contributed by atoms with van der Waals surface area (Å²) < 4.78 is 28.9. The number of sulfone groups is 1. The van der Waals surface area contributed by atoms with Crippen molar-refractivity contribution in [2.75, 3.05) is 11.5 Å². The number of unbranched alkanes of at least 4 members (excludes halogenated alkanes) is 1. The fourth-order valence-corrected chi connectivity index (χ4v) is 2.77. The monoisotopic (exact) mass is 254 g/mol. The Hall–Kier alpha value is -1.56. The maximum Gasteiger partial charge on any atom is 0.316 e. The molecule has 0 amide bonds. The number of hydrogen-bond donors (Lipinski definition) is 1. The number of nitrogen functional groups attached to an aromatic ring is 1. The van der Waals surface area contributed by atoms with Crippen LogP contribution in [0.5, 0.6) is 0 Å². The van der Waals surface area contributed by atoms with Gasteiger partial charge in [-0.15, -0.1) is 0 Å². The molecule has 1 heterocycles. The van der Waals surface area contributed by atoms with Crippen LogP contribution in [0.25, 0.3) is 11.1 Å². The topological polar surface area (TPSA) is 86.2 Å². The molecule has 92 valence electrons. The van der Waals surface area contributed by atoms with Crippen LogP contribution in [-0.2, 0) is 9.84 Å². The number of nitrogens with zero attached hydrogens (tertiary/aromatic N) is 1. The van der Waals surface area contributed by atoms with Crippen LogP contribution >= 0.6 is 0 Å². The highest BCUT2D eigenvalue weighted by Crippen LogP contribution is 2.22. The highest BCUT2D eigenvalue weighted by molar-refractivity contribution is 7.91. The molecule has 2 aromatic rings. The van der Waals surface area contributed by atoms with Crippen molar-refractivity contribution in [3.8, 4) is 0 Å². The molecule has 0 atom stereocenters. The molecule has 0 unspecified atom stereocenters. The summed E-state index contributed by atoms with van der Waals surface area (Å²) in [5, 5.41) is -0.216. The van der Waals surface area contributed by atoms with Gasteiger partial charge < -0.3 is 10.2 Å². The predicted octanol–water partition coefficient (Wildman–Crippen LogP) is 1.98. The van der Waals surface area contributed by atoms with Gasteiger partial charge in [-0.1, -0.05) is 13.3 Å². The summed E-state index contributed by atoms with van der Waals surface area (Å²) in [5.74, 6) is 0.0613.